The molecule has 2 aliphatic heterocycles. The van der Waals surface area contributed by atoms with E-state index in [9.17, 15) is 9.59 Å². The van der Waals surface area contributed by atoms with Crippen LogP contribution < -0.4 is 5.01 Å². The number of carbonyl (C=O) groups is 2. The Kier molecular flexibility index (Phi) is 5.60. The van der Waals surface area contributed by atoms with Gasteiger partial charge in [-0.3, -0.25) is 9.80 Å². The van der Waals surface area contributed by atoms with E-state index in [0.717, 1.165) is 28.1 Å². The Labute approximate surface area is 197 Å². The quantitative estimate of drug-likeness (QED) is 0.550. The van der Waals surface area contributed by atoms with E-state index in [4.69, 9.17) is 21.4 Å². The van der Waals surface area contributed by atoms with Gasteiger partial charge in [0.2, 0.25) is 0 Å². The van der Waals surface area contributed by atoms with Crippen molar-refractivity contribution in [3.63, 3.8) is 0 Å². The zero-order valence-corrected chi connectivity index (χ0v) is 18.8. The highest BCUT2D eigenvalue weighted by atomic mass is 35.5. The molecule has 2 amide bonds. The van der Waals surface area contributed by atoms with E-state index in [0.29, 0.717) is 5.02 Å². The molecule has 0 radical (unpaired) electrons. The molecule has 1 fully saturated rings. The fourth-order valence-electron chi connectivity index (χ4n) is 4.38. The summed E-state index contributed by atoms with van der Waals surface area (Å²) < 4.78 is 5.06. The average molecular weight is 460 g/mol. The number of rotatable bonds is 4. The van der Waals surface area contributed by atoms with Crippen molar-refractivity contribution in [3.05, 3.63) is 101 Å². The minimum atomic E-state index is -0.755. The lowest BCUT2D eigenvalue weighted by Gasteiger charge is -2.29. The van der Waals surface area contributed by atoms with E-state index in [1.807, 2.05) is 79.7 Å². The van der Waals surface area contributed by atoms with Crippen molar-refractivity contribution in [2.45, 2.75) is 18.9 Å². The number of halogens is 1. The summed E-state index contributed by atoms with van der Waals surface area (Å²) in [5.41, 5.74) is 4.44. The van der Waals surface area contributed by atoms with Crippen LogP contribution in [0.15, 0.2) is 84.0 Å². The van der Waals surface area contributed by atoms with Crippen LogP contribution in [-0.4, -0.2) is 41.8 Å². The van der Waals surface area contributed by atoms with Gasteiger partial charge in [-0.05, 0) is 42.3 Å². The molecule has 6 nitrogen and oxygen atoms in total. The van der Waals surface area contributed by atoms with Crippen LogP contribution >= 0.6 is 11.6 Å². The minimum Gasteiger partial charge on any atom is -0.447 e. The molecular formula is C26H22ClN3O3. The summed E-state index contributed by atoms with van der Waals surface area (Å²) in [6.45, 7) is 2.44. The van der Waals surface area contributed by atoms with Crippen LogP contribution in [0.25, 0.3) is 0 Å². The number of para-hydroxylation sites is 1. The third-order valence-electron chi connectivity index (χ3n) is 5.93. The zero-order valence-electron chi connectivity index (χ0n) is 18.0. The maximum absolute atomic E-state index is 13.8. The maximum atomic E-state index is 13.8. The number of amides is 2. The lowest BCUT2D eigenvalue weighted by Crippen LogP contribution is -2.48. The van der Waals surface area contributed by atoms with Crippen molar-refractivity contribution < 1.29 is 14.3 Å². The molecule has 0 aliphatic carbocycles. The number of hydrazone groups is 1. The summed E-state index contributed by atoms with van der Waals surface area (Å²) in [4.78, 5) is 27.3. The Bertz CT molecular complexity index is 1230. The molecule has 0 spiro atoms. The van der Waals surface area contributed by atoms with Gasteiger partial charge in [0, 0.05) is 5.02 Å². The third kappa shape index (κ3) is 3.98. The summed E-state index contributed by atoms with van der Waals surface area (Å²) in [6, 6.07) is 24.3. The molecule has 0 saturated carbocycles. The van der Waals surface area contributed by atoms with Crippen LogP contribution in [0.5, 0.6) is 0 Å². The van der Waals surface area contributed by atoms with Crippen molar-refractivity contribution in [2.75, 3.05) is 18.2 Å². The first-order chi connectivity index (χ1) is 16.0. The molecule has 166 valence electrons. The molecule has 2 heterocycles. The maximum Gasteiger partial charge on any atom is 0.416 e. The number of hydrogen-bond acceptors (Lipinski definition) is 5. The fourth-order valence-corrected chi connectivity index (χ4v) is 4.51. The van der Waals surface area contributed by atoms with Crippen LogP contribution in [0.2, 0.25) is 5.02 Å². The van der Waals surface area contributed by atoms with E-state index in [1.54, 1.807) is 5.01 Å². The van der Waals surface area contributed by atoms with Crippen LogP contribution in [0.3, 0.4) is 0 Å². The average Bonchev–Trinajstić information content (AvgIpc) is 3.44. The molecule has 7 heteroatoms. The SMILES string of the molecule is Cc1cccc(C2=NN(c3ccccc3)[C@H](C(=O)N3CCOC3=O)[C@@H]2c2ccc(Cl)cc2)c1. The Morgan fingerprint density at radius 2 is 1.79 bits per heavy atom. The smallest absolute Gasteiger partial charge is 0.416 e. The summed E-state index contributed by atoms with van der Waals surface area (Å²) in [6.07, 6.45) is -0.619. The van der Waals surface area contributed by atoms with E-state index in [1.165, 1.54) is 4.90 Å². The van der Waals surface area contributed by atoms with Crippen LogP contribution in [0.1, 0.15) is 22.6 Å². The molecule has 0 unspecified atom stereocenters. The molecule has 3 aromatic rings. The van der Waals surface area contributed by atoms with E-state index >= 15 is 0 Å². The summed E-state index contributed by atoms with van der Waals surface area (Å²) in [5, 5.41) is 7.30. The molecule has 33 heavy (non-hydrogen) atoms. The minimum absolute atomic E-state index is 0.194. The first-order valence-electron chi connectivity index (χ1n) is 10.8. The molecule has 2 atom stereocenters. The number of nitrogens with zero attached hydrogens (tertiary/aromatic N) is 3. The second-order valence-corrected chi connectivity index (χ2v) is 8.55. The summed E-state index contributed by atoms with van der Waals surface area (Å²) in [5.74, 6) is -0.752. The Balaban J connectivity index is 1.69. The third-order valence-corrected chi connectivity index (χ3v) is 6.18. The number of carbonyl (C=O) groups excluding carboxylic acids is 2. The number of aryl methyl sites for hydroxylation is 1. The predicted octanol–water partition coefficient (Wildman–Crippen LogP) is 5.00. The number of ether oxygens (including phenoxy) is 1. The van der Waals surface area contributed by atoms with Gasteiger partial charge < -0.3 is 4.74 Å². The Morgan fingerprint density at radius 3 is 2.45 bits per heavy atom. The van der Waals surface area contributed by atoms with Gasteiger partial charge in [-0.15, -0.1) is 0 Å². The van der Waals surface area contributed by atoms with Crippen molar-refractivity contribution in [3.8, 4) is 0 Å². The highest BCUT2D eigenvalue weighted by molar-refractivity contribution is 6.30. The molecule has 0 aromatic heterocycles. The highest BCUT2D eigenvalue weighted by Gasteiger charge is 2.48. The van der Waals surface area contributed by atoms with Crippen molar-refractivity contribution in [1.29, 1.82) is 0 Å². The molecule has 5 rings (SSSR count). The van der Waals surface area contributed by atoms with Gasteiger partial charge in [-0.1, -0.05) is 71.8 Å². The lowest BCUT2D eigenvalue weighted by molar-refractivity contribution is -0.129. The second kappa shape index (κ2) is 8.71. The van der Waals surface area contributed by atoms with Gasteiger partial charge >= 0.3 is 6.09 Å². The summed E-state index contributed by atoms with van der Waals surface area (Å²) in [7, 11) is 0. The highest BCUT2D eigenvalue weighted by Crippen LogP contribution is 2.39. The molecule has 0 N–H and O–H groups in total. The number of benzene rings is 3. The molecule has 2 aliphatic rings. The van der Waals surface area contributed by atoms with Gasteiger partial charge in [0.15, 0.2) is 0 Å². The van der Waals surface area contributed by atoms with Crippen molar-refractivity contribution in [2.24, 2.45) is 5.10 Å². The van der Waals surface area contributed by atoms with Crippen LogP contribution in [0, 0.1) is 6.92 Å². The van der Waals surface area contributed by atoms with E-state index in [2.05, 4.69) is 6.07 Å². The van der Waals surface area contributed by atoms with Crippen molar-refractivity contribution >= 4 is 35.0 Å². The van der Waals surface area contributed by atoms with E-state index in [-0.39, 0.29) is 19.1 Å². The number of imide groups is 1. The van der Waals surface area contributed by atoms with Gasteiger partial charge in [-0.2, -0.15) is 5.10 Å². The molecule has 1 saturated heterocycles. The van der Waals surface area contributed by atoms with Crippen molar-refractivity contribution in [1.82, 2.24) is 4.90 Å². The van der Waals surface area contributed by atoms with E-state index < -0.39 is 18.1 Å². The number of anilines is 1. The molecule has 0 bridgehead atoms. The zero-order chi connectivity index (χ0) is 22.9. The van der Waals surface area contributed by atoms with Gasteiger partial charge in [0.05, 0.1) is 23.9 Å². The monoisotopic (exact) mass is 459 g/mol. The Morgan fingerprint density at radius 1 is 1.03 bits per heavy atom. The Hall–Kier alpha value is -3.64. The van der Waals surface area contributed by atoms with Crippen LogP contribution in [-0.2, 0) is 9.53 Å². The number of hydrogen-bond donors (Lipinski definition) is 0. The fraction of sp³-hybridized carbons (Fsp3) is 0.192. The normalized spacial score (nSPS) is 20.1. The number of cyclic esters (lactones) is 1. The summed E-state index contributed by atoms with van der Waals surface area (Å²) >= 11 is 6.16. The topological polar surface area (TPSA) is 62.2 Å². The largest absolute Gasteiger partial charge is 0.447 e. The standard InChI is InChI=1S/C26H22ClN3O3/c1-17-6-5-7-19(16-17)23-22(18-10-12-20(27)13-11-18)24(25(31)29-14-15-33-26(29)32)30(28-23)21-8-3-2-4-9-21/h2-13,16,22,24H,14-15H2,1H3/t22-,24+/m1/s1. The first kappa shape index (κ1) is 21.2. The van der Waals surface area contributed by atoms with Gasteiger partial charge in [-0.25, -0.2) is 9.69 Å². The van der Waals surface area contributed by atoms with Gasteiger partial charge in [0.1, 0.15) is 12.6 Å². The molecular weight excluding hydrogens is 438 g/mol. The predicted molar refractivity (Wildman–Crippen MR) is 128 cm³/mol. The lowest BCUT2D eigenvalue weighted by atomic mass is 9.84. The van der Waals surface area contributed by atoms with Gasteiger partial charge in [0.25, 0.3) is 5.91 Å². The van der Waals surface area contributed by atoms with Crippen LogP contribution in [0.4, 0.5) is 10.5 Å². The first-order valence-corrected chi connectivity index (χ1v) is 11.1. The second-order valence-electron chi connectivity index (χ2n) is 8.11. The molecule has 3 aromatic carbocycles.